The summed E-state index contributed by atoms with van der Waals surface area (Å²) in [5.41, 5.74) is 0. The van der Waals surface area contributed by atoms with Crippen LogP contribution in [0, 0.1) is 0 Å². The molecule has 1 aliphatic heterocycles. The number of hydrogen-bond acceptors (Lipinski definition) is 5. The number of nitrogens with one attached hydrogen (secondary N) is 1. The lowest BCUT2D eigenvalue weighted by atomic mass is 10.1. The van der Waals surface area contributed by atoms with E-state index in [9.17, 15) is 9.59 Å². The van der Waals surface area contributed by atoms with Gasteiger partial charge < -0.3 is 24.4 Å². The first kappa shape index (κ1) is 20.2. The van der Waals surface area contributed by atoms with Gasteiger partial charge in [-0.05, 0) is 31.9 Å². The van der Waals surface area contributed by atoms with E-state index in [2.05, 4.69) is 5.32 Å². The van der Waals surface area contributed by atoms with Crippen molar-refractivity contribution in [1.29, 1.82) is 0 Å². The monoisotopic (exact) mass is 384 g/mol. The number of likely N-dealkylation sites (tertiary alicyclic amines) is 1. The van der Waals surface area contributed by atoms with E-state index in [-0.39, 0.29) is 37.1 Å². The number of rotatable bonds is 8. The number of piperidine rings is 1. The van der Waals surface area contributed by atoms with Gasteiger partial charge in [-0.25, -0.2) is 4.79 Å². The van der Waals surface area contributed by atoms with Crippen molar-refractivity contribution >= 4 is 23.6 Å². The molecular formula is C18H25ClN2O5. The van der Waals surface area contributed by atoms with Crippen molar-refractivity contribution < 1.29 is 23.8 Å². The molecule has 0 aliphatic carbocycles. The molecule has 2 amide bonds. The van der Waals surface area contributed by atoms with Gasteiger partial charge in [-0.2, -0.15) is 0 Å². The van der Waals surface area contributed by atoms with E-state index in [4.69, 9.17) is 25.8 Å². The Morgan fingerprint density at radius 1 is 1.19 bits per heavy atom. The molecule has 1 aliphatic rings. The van der Waals surface area contributed by atoms with Crippen molar-refractivity contribution in [2.75, 3.05) is 38.8 Å². The highest BCUT2D eigenvalue weighted by Crippen LogP contribution is 2.26. The Morgan fingerprint density at radius 3 is 2.46 bits per heavy atom. The third kappa shape index (κ3) is 6.29. The number of carbonyl (C=O) groups excluding carboxylic acids is 2. The van der Waals surface area contributed by atoms with E-state index in [1.807, 2.05) is 19.1 Å². The van der Waals surface area contributed by atoms with Gasteiger partial charge in [0.1, 0.15) is 6.61 Å². The molecule has 7 nitrogen and oxygen atoms in total. The van der Waals surface area contributed by atoms with E-state index >= 15 is 0 Å². The Kier molecular flexibility index (Phi) is 8.34. The average Bonchev–Trinajstić information content (AvgIpc) is 2.66. The number of carbonyl (C=O) groups is 2. The second-order valence-corrected chi connectivity index (χ2v) is 6.18. The van der Waals surface area contributed by atoms with Crippen LogP contribution < -0.4 is 14.8 Å². The Hall–Kier alpha value is -2.15. The van der Waals surface area contributed by atoms with Crippen LogP contribution in [0.3, 0.4) is 0 Å². The number of halogens is 1. The molecule has 0 atom stereocenters. The zero-order valence-electron chi connectivity index (χ0n) is 14.9. The fraction of sp³-hybridized carbons (Fsp3) is 0.556. The maximum atomic E-state index is 12.1. The van der Waals surface area contributed by atoms with Gasteiger partial charge in [0.2, 0.25) is 0 Å². The predicted molar refractivity (Wildman–Crippen MR) is 97.9 cm³/mol. The van der Waals surface area contributed by atoms with Gasteiger partial charge in [0, 0.05) is 19.1 Å². The van der Waals surface area contributed by atoms with Crippen LogP contribution in [0.1, 0.15) is 19.8 Å². The number of ether oxygens (including phenoxy) is 3. The fourth-order valence-electron chi connectivity index (χ4n) is 2.68. The lowest BCUT2D eigenvalue weighted by molar-refractivity contribution is -0.124. The summed E-state index contributed by atoms with van der Waals surface area (Å²) in [6, 6.07) is 7.27. The summed E-state index contributed by atoms with van der Waals surface area (Å²) >= 11 is 5.50. The van der Waals surface area contributed by atoms with Gasteiger partial charge >= 0.3 is 6.09 Å². The summed E-state index contributed by atoms with van der Waals surface area (Å²) in [6.45, 7) is 3.62. The van der Waals surface area contributed by atoms with Crippen LogP contribution in [0.2, 0.25) is 0 Å². The molecule has 1 fully saturated rings. The SMILES string of the molecule is CCOc1ccccc1OCC(=O)NC1CCN(C(=O)OCCCl)CC1. The van der Waals surface area contributed by atoms with Crippen molar-refractivity contribution in [3.8, 4) is 11.5 Å². The first-order valence-electron chi connectivity index (χ1n) is 8.75. The maximum Gasteiger partial charge on any atom is 0.409 e. The Balaban J connectivity index is 1.72. The van der Waals surface area contributed by atoms with Crippen LogP contribution in [0.5, 0.6) is 11.5 Å². The molecular weight excluding hydrogens is 360 g/mol. The fourth-order valence-corrected chi connectivity index (χ4v) is 2.76. The minimum atomic E-state index is -0.355. The Morgan fingerprint density at radius 2 is 1.85 bits per heavy atom. The van der Waals surface area contributed by atoms with Gasteiger partial charge in [-0.15, -0.1) is 11.6 Å². The van der Waals surface area contributed by atoms with Gasteiger partial charge in [0.25, 0.3) is 5.91 Å². The highest BCUT2D eigenvalue weighted by molar-refractivity contribution is 6.18. The molecule has 0 unspecified atom stereocenters. The molecule has 0 saturated carbocycles. The summed E-state index contributed by atoms with van der Waals surface area (Å²) in [6.07, 6.45) is 1.00. The van der Waals surface area contributed by atoms with Crippen molar-refractivity contribution in [3.05, 3.63) is 24.3 Å². The summed E-state index contributed by atoms with van der Waals surface area (Å²) in [4.78, 5) is 25.5. The second kappa shape index (κ2) is 10.8. The molecule has 1 aromatic rings. The quantitative estimate of drug-likeness (QED) is 0.696. The largest absolute Gasteiger partial charge is 0.490 e. The third-order valence-corrected chi connectivity index (χ3v) is 4.08. The summed E-state index contributed by atoms with van der Waals surface area (Å²) in [5, 5.41) is 2.94. The molecule has 1 saturated heterocycles. The number of para-hydroxylation sites is 2. The van der Waals surface area contributed by atoms with Crippen molar-refractivity contribution in [2.24, 2.45) is 0 Å². The normalized spacial score (nSPS) is 14.6. The number of nitrogens with zero attached hydrogens (tertiary/aromatic N) is 1. The average molecular weight is 385 g/mol. The molecule has 26 heavy (non-hydrogen) atoms. The maximum absolute atomic E-state index is 12.1. The van der Waals surface area contributed by atoms with Crippen LogP contribution in [-0.4, -0.2) is 61.7 Å². The topological polar surface area (TPSA) is 77.1 Å². The first-order chi connectivity index (χ1) is 12.6. The second-order valence-electron chi connectivity index (χ2n) is 5.80. The van der Waals surface area contributed by atoms with Gasteiger partial charge in [0.05, 0.1) is 12.5 Å². The van der Waals surface area contributed by atoms with Crippen LogP contribution in [0.15, 0.2) is 24.3 Å². The number of benzene rings is 1. The molecule has 1 aromatic carbocycles. The molecule has 0 bridgehead atoms. The van der Waals surface area contributed by atoms with Crippen LogP contribution in [0.25, 0.3) is 0 Å². The molecule has 144 valence electrons. The summed E-state index contributed by atoms with van der Waals surface area (Å²) < 4.78 is 16.0. The van der Waals surface area contributed by atoms with E-state index in [0.29, 0.717) is 44.0 Å². The summed E-state index contributed by atoms with van der Waals surface area (Å²) in [5.74, 6) is 1.25. The molecule has 0 aromatic heterocycles. The summed E-state index contributed by atoms with van der Waals surface area (Å²) in [7, 11) is 0. The lowest BCUT2D eigenvalue weighted by Crippen LogP contribution is -2.47. The van der Waals surface area contributed by atoms with Crippen molar-refractivity contribution in [2.45, 2.75) is 25.8 Å². The minimum Gasteiger partial charge on any atom is -0.490 e. The van der Waals surface area contributed by atoms with Gasteiger partial charge in [0.15, 0.2) is 18.1 Å². The Labute approximate surface area is 158 Å². The van der Waals surface area contributed by atoms with E-state index in [0.717, 1.165) is 0 Å². The number of hydrogen-bond donors (Lipinski definition) is 1. The molecule has 0 spiro atoms. The zero-order chi connectivity index (χ0) is 18.8. The van der Waals surface area contributed by atoms with E-state index in [1.165, 1.54) is 0 Å². The molecule has 1 N–H and O–H groups in total. The van der Waals surface area contributed by atoms with Gasteiger partial charge in [-0.1, -0.05) is 12.1 Å². The number of alkyl halides is 1. The molecule has 2 rings (SSSR count). The minimum absolute atomic E-state index is 0.0188. The van der Waals surface area contributed by atoms with E-state index < -0.39 is 0 Å². The third-order valence-electron chi connectivity index (χ3n) is 3.93. The standard InChI is InChI=1S/C18H25ClN2O5/c1-2-24-15-5-3-4-6-16(15)26-13-17(22)20-14-7-10-21(11-8-14)18(23)25-12-9-19/h3-6,14H,2,7-13H2,1H3,(H,20,22). The molecule has 0 radical (unpaired) electrons. The van der Waals surface area contributed by atoms with Crippen molar-refractivity contribution in [1.82, 2.24) is 10.2 Å². The highest BCUT2D eigenvalue weighted by Gasteiger charge is 2.24. The molecule has 8 heteroatoms. The zero-order valence-corrected chi connectivity index (χ0v) is 15.7. The van der Waals surface area contributed by atoms with Crippen LogP contribution in [0.4, 0.5) is 4.79 Å². The van der Waals surface area contributed by atoms with Gasteiger partial charge in [-0.3, -0.25) is 4.79 Å². The van der Waals surface area contributed by atoms with Crippen LogP contribution in [-0.2, 0) is 9.53 Å². The predicted octanol–water partition coefficient (Wildman–Crippen LogP) is 2.42. The van der Waals surface area contributed by atoms with E-state index in [1.54, 1.807) is 17.0 Å². The smallest absolute Gasteiger partial charge is 0.409 e. The Bertz CT molecular complexity index is 591. The lowest BCUT2D eigenvalue weighted by Gasteiger charge is -2.31. The first-order valence-corrected chi connectivity index (χ1v) is 9.29. The van der Waals surface area contributed by atoms with Crippen molar-refractivity contribution in [3.63, 3.8) is 0 Å². The highest BCUT2D eigenvalue weighted by atomic mass is 35.5. The number of amides is 2. The van der Waals surface area contributed by atoms with Crippen LogP contribution >= 0.6 is 11.6 Å². The molecule has 1 heterocycles.